The van der Waals surface area contributed by atoms with E-state index in [1.807, 2.05) is 56.5 Å². The van der Waals surface area contributed by atoms with Crippen molar-refractivity contribution in [3.63, 3.8) is 0 Å². The molecule has 1 spiro atoms. The Bertz CT molecular complexity index is 1600. The van der Waals surface area contributed by atoms with Gasteiger partial charge in [0.25, 0.3) is 0 Å². The molecule has 6 nitrogen and oxygen atoms in total. The summed E-state index contributed by atoms with van der Waals surface area (Å²) in [5.74, 6) is 0.595. The Kier molecular flexibility index (Phi) is 7.07. The molecule has 10 heteroatoms. The van der Waals surface area contributed by atoms with Crippen molar-refractivity contribution in [2.45, 2.75) is 57.7 Å². The molecule has 1 fully saturated rings. The summed E-state index contributed by atoms with van der Waals surface area (Å²) in [5.41, 5.74) is 5.16. The van der Waals surface area contributed by atoms with Gasteiger partial charge < -0.3 is 9.45 Å². The molecule has 0 bridgehead atoms. The summed E-state index contributed by atoms with van der Waals surface area (Å²) in [6.45, 7) is 9.39. The summed E-state index contributed by atoms with van der Waals surface area (Å²) in [6.07, 6.45) is 6.15. The smallest absolute Gasteiger partial charge is 0.211 e. The topological polar surface area (TPSA) is 68.5 Å². The number of benzene rings is 2. The third kappa shape index (κ3) is 4.68. The van der Waals surface area contributed by atoms with Gasteiger partial charge in [0.05, 0.1) is 21.8 Å². The SMILES string of the molecule is Cc1nc(N2CCC3(CC2)Cc2cc(F)ccc2[C@H]3N[S@+]([O-])C(C)(C)C)n2ccnc2c1-c1cccc(Cl)c1Cl. The molecule has 0 amide bonds. The molecule has 210 valence electrons. The van der Waals surface area contributed by atoms with Crippen molar-refractivity contribution in [1.29, 1.82) is 0 Å². The van der Waals surface area contributed by atoms with E-state index in [-0.39, 0.29) is 17.3 Å². The van der Waals surface area contributed by atoms with E-state index in [1.165, 1.54) is 6.07 Å². The Labute approximate surface area is 247 Å². The lowest BCUT2D eigenvalue weighted by atomic mass is 9.73. The van der Waals surface area contributed by atoms with Crippen LogP contribution in [0.1, 0.15) is 56.5 Å². The quantitative estimate of drug-likeness (QED) is 0.254. The highest BCUT2D eigenvalue weighted by Gasteiger charge is 2.50. The van der Waals surface area contributed by atoms with Crippen LogP contribution < -0.4 is 9.62 Å². The average molecular weight is 601 g/mol. The minimum Gasteiger partial charge on any atom is -0.598 e. The zero-order chi connectivity index (χ0) is 28.4. The molecule has 2 aliphatic rings. The van der Waals surface area contributed by atoms with Crippen LogP contribution in [-0.4, -0.2) is 36.8 Å². The Hall–Kier alpha value is -2.36. The monoisotopic (exact) mass is 599 g/mol. The molecule has 2 atom stereocenters. The van der Waals surface area contributed by atoms with Crippen LogP contribution in [-0.2, 0) is 17.8 Å². The number of aryl methyl sites for hydroxylation is 1. The van der Waals surface area contributed by atoms with Gasteiger partial charge in [-0.1, -0.05) is 41.4 Å². The summed E-state index contributed by atoms with van der Waals surface area (Å²) in [7, 11) is 0. The Morgan fingerprint density at radius 3 is 2.62 bits per heavy atom. The van der Waals surface area contributed by atoms with Gasteiger partial charge in [-0.15, -0.1) is 4.72 Å². The van der Waals surface area contributed by atoms with Crippen molar-refractivity contribution in [2.75, 3.05) is 18.0 Å². The largest absolute Gasteiger partial charge is 0.598 e. The second kappa shape index (κ2) is 10.2. The number of imidazole rings is 1. The molecular formula is C30H32Cl2FN5OS. The van der Waals surface area contributed by atoms with Gasteiger partial charge in [0, 0.05) is 53.4 Å². The van der Waals surface area contributed by atoms with E-state index in [0.717, 1.165) is 71.9 Å². The van der Waals surface area contributed by atoms with Crippen molar-refractivity contribution >= 4 is 46.2 Å². The molecule has 40 heavy (non-hydrogen) atoms. The first kappa shape index (κ1) is 27.8. The van der Waals surface area contributed by atoms with Gasteiger partial charge in [-0.3, -0.25) is 4.40 Å². The molecule has 6 rings (SSSR count). The Morgan fingerprint density at radius 1 is 1.15 bits per heavy atom. The van der Waals surface area contributed by atoms with E-state index in [9.17, 15) is 8.94 Å². The number of hydrogen-bond donors (Lipinski definition) is 1. The molecule has 3 heterocycles. The van der Waals surface area contributed by atoms with E-state index in [2.05, 4.69) is 14.6 Å². The maximum atomic E-state index is 14.2. The fourth-order valence-electron chi connectivity index (χ4n) is 6.22. The van der Waals surface area contributed by atoms with Crippen molar-refractivity contribution in [1.82, 2.24) is 19.1 Å². The first-order valence-electron chi connectivity index (χ1n) is 13.5. The van der Waals surface area contributed by atoms with E-state index in [4.69, 9.17) is 28.2 Å². The second-order valence-corrected chi connectivity index (χ2v) is 14.7. The van der Waals surface area contributed by atoms with Gasteiger partial charge in [-0.05, 0) is 76.3 Å². The molecule has 0 radical (unpaired) electrons. The minimum absolute atomic E-state index is 0.111. The number of piperidine rings is 1. The highest BCUT2D eigenvalue weighted by atomic mass is 35.5. The van der Waals surface area contributed by atoms with Crippen LogP contribution in [0.4, 0.5) is 10.3 Å². The lowest BCUT2D eigenvalue weighted by Gasteiger charge is -2.44. The van der Waals surface area contributed by atoms with Crippen LogP contribution in [0.2, 0.25) is 10.0 Å². The predicted octanol–water partition coefficient (Wildman–Crippen LogP) is 7.09. The van der Waals surface area contributed by atoms with Gasteiger partial charge >= 0.3 is 0 Å². The van der Waals surface area contributed by atoms with Gasteiger partial charge in [0.1, 0.15) is 16.2 Å². The molecule has 2 aromatic carbocycles. The average Bonchev–Trinajstić information content (AvgIpc) is 3.49. The maximum Gasteiger partial charge on any atom is 0.211 e. The highest BCUT2D eigenvalue weighted by Crippen LogP contribution is 2.53. The normalized spacial score (nSPS) is 19.4. The molecule has 1 aliphatic heterocycles. The van der Waals surface area contributed by atoms with Crippen molar-refractivity contribution in [3.8, 4) is 11.1 Å². The third-order valence-electron chi connectivity index (χ3n) is 8.32. The maximum absolute atomic E-state index is 14.2. The fourth-order valence-corrected chi connectivity index (χ4v) is 7.56. The number of aromatic nitrogens is 3. The van der Waals surface area contributed by atoms with Crippen LogP contribution in [0.5, 0.6) is 0 Å². The molecular weight excluding hydrogens is 568 g/mol. The Morgan fingerprint density at radius 2 is 1.90 bits per heavy atom. The molecule has 0 unspecified atom stereocenters. The predicted molar refractivity (Wildman–Crippen MR) is 161 cm³/mol. The molecule has 4 aromatic rings. The molecule has 2 aromatic heterocycles. The standard InChI is InChI=1S/C30H32Cl2FN5OS/c1-18-24(22-6-5-7-23(31)25(22)32)27-34-12-15-38(27)28(35-18)37-13-10-30(11-14-37)17-19-16-20(33)8-9-21(19)26(30)36-40(39)29(2,3)4/h5-9,12,15-16,26,36H,10-11,13-14,17H2,1-4H3/t26-,40-/m1/s1. The van der Waals surface area contributed by atoms with E-state index in [1.54, 1.807) is 18.3 Å². The second-order valence-electron chi connectivity index (χ2n) is 11.9. The summed E-state index contributed by atoms with van der Waals surface area (Å²) in [5, 5.41) is 0.969. The number of hydrogen-bond acceptors (Lipinski definition) is 5. The van der Waals surface area contributed by atoms with Crippen molar-refractivity contribution in [3.05, 3.63) is 81.5 Å². The van der Waals surface area contributed by atoms with Gasteiger partial charge in [-0.2, -0.15) is 0 Å². The van der Waals surface area contributed by atoms with Gasteiger partial charge in [-0.25, -0.2) is 14.4 Å². The third-order valence-corrected chi connectivity index (χ3v) is 10.7. The van der Waals surface area contributed by atoms with E-state index >= 15 is 0 Å². The first-order valence-corrected chi connectivity index (χ1v) is 15.4. The lowest BCUT2D eigenvalue weighted by Crippen LogP contribution is -2.50. The first-order chi connectivity index (χ1) is 19.0. The van der Waals surface area contributed by atoms with Crippen LogP contribution in [0.3, 0.4) is 0 Å². The zero-order valence-electron chi connectivity index (χ0n) is 23.0. The summed E-state index contributed by atoms with van der Waals surface area (Å²) in [6, 6.07) is 10.5. The van der Waals surface area contributed by atoms with Gasteiger partial charge in [0.15, 0.2) is 0 Å². The number of anilines is 1. The molecule has 1 aliphatic carbocycles. The fraction of sp³-hybridized carbons (Fsp3) is 0.400. The van der Waals surface area contributed by atoms with Crippen molar-refractivity contribution < 1.29 is 8.94 Å². The summed E-state index contributed by atoms with van der Waals surface area (Å²) in [4.78, 5) is 12.0. The van der Waals surface area contributed by atoms with E-state index < -0.39 is 16.1 Å². The lowest BCUT2D eigenvalue weighted by molar-refractivity contribution is 0.175. The number of nitrogens with zero attached hydrogens (tertiary/aromatic N) is 4. The molecule has 0 saturated carbocycles. The van der Waals surface area contributed by atoms with Crippen LogP contribution in [0.25, 0.3) is 16.8 Å². The molecule has 1 saturated heterocycles. The number of rotatable bonds is 4. The molecule has 1 N–H and O–H groups in total. The van der Waals surface area contributed by atoms with Crippen LogP contribution in [0, 0.1) is 18.2 Å². The van der Waals surface area contributed by atoms with Crippen molar-refractivity contribution in [2.24, 2.45) is 5.41 Å². The highest BCUT2D eigenvalue weighted by molar-refractivity contribution is 7.90. The van der Waals surface area contributed by atoms with Crippen LogP contribution in [0.15, 0.2) is 48.8 Å². The summed E-state index contributed by atoms with van der Waals surface area (Å²) < 4.78 is 32.5. The number of halogens is 3. The minimum atomic E-state index is -1.26. The number of fused-ring (bicyclic) bond motifs is 2. The number of nitrogens with one attached hydrogen (secondary N) is 1. The Balaban J connectivity index is 1.32. The van der Waals surface area contributed by atoms with Crippen LogP contribution >= 0.6 is 23.2 Å². The summed E-state index contributed by atoms with van der Waals surface area (Å²) >= 11 is 11.7. The van der Waals surface area contributed by atoms with E-state index in [0.29, 0.717) is 10.0 Å². The zero-order valence-corrected chi connectivity index (χ0v) is 25.3. The van der Waals surface area contributed by atoms with Gasteiger partial charge in [0.2, 0.25) is 5.95 Å².